The van der Waals surface area contributed by atoms with Gasteiger partial charge in [0.1, 0.15) is 5.76 Å². The van der Waals surface area contributed by atoms with E-state index >= 15 is 0 Å². The molecule has 0 saturated heterocycles. The fourth-order valence-electron chi connectivity index (χ4n) is 1.94. The molecule has 5 nitrogen and oxygen atoms in total. The van der Waals surface area contributed by atoms with Gasteiger partial charge in [0, 0.05) is 18.5 Å². The highest BCUT2D eigenvalue weighted by atomic mass is 16.4. The largest absolute Gasteiger partial charge is 0.481 e. The smallest absolute Gasteiger partial charge is 0.303 e. The summed E-state index contributed by atoms with van der Waals surface area (Å²) in [5, 5.41) is 11.4. The molecule has 0 saturated carbocycles. The summed E-state index contributed by atoms with van der Waals surface area (Å²) in [7, 11) is 0. The van der Waals surface area contributed by atoms with Crippen molar-refractivity contribution in [3.8, 4) is 0 Å². The zero-order chi connectivity index (χ0) is 15.2. The van der Waals surface area contributed by atoms with Gasteiger partial charge in [-0.05, 0) is 36.2 Å². The molecule has 0 fully saturated rings. The lowest BCUT2D eigenvalue weighted by atomic mass is 10.1. The summed E-state index contributed by atoms with van der Waals surface area (Å²) in [6, 6.07) is 10.6. The van der Waals surface area contributed by atoms with Crippen molar-refractivity contribution in [1.82, 2.24) is 0 Å². The summed E-state index contributed by atoms with van der Waals surface area (Å²) in [4.78, 5) is 22.6. The zero-order valence-corrected chi connectivity index (χ0v) is 11.8. The maximum absolute atomic E-state index is 12.0. The Bertz CT molecular complexity index is 645. The van der Waals surface area contributed by atoms with Crippen LogP contribution >= 0.6 is 0 Å². The maximum atomic E-state index is 12.0. The average Bonchev–Trinajstić information content (AvgIpc) is 2.94. The molecule has 2 aromatic rings. The van der Waals surface area contributed by atoms with Crippen molar-refractivity contribution in [1.29, 1.82) is 0 Å². The molecule has 1 aromatic carbocycles. The van der Waals surface area contributed by atoms with E-state index in [1.165, 1.54) is 0 Å². The predicted octanol–water partition coefficient (Wildman–Crippen LogP) is 3.11. The summed E-state index contributed by atoms with van der Waals surface area (Å²) in [6.45, 7) is 1.95. The summed E-state index contributed by atoms with van der Waals surface area (Å²) in [6.07, 6.45) is 1.23. The number of hydrogen-bond donors (Lipinski definition) is 2. The summed E-state index contributed by atoms with van der Waals surface area (Å²) < 4.78 is 5.39. The molecule has 0 atom stereocenters. The van der Waals surface area contributed by atoms with E-state index in [1.54, 1.807) is 30.3 Å². The monoisotopic (exact) mass is 287 g/mol. The number of furan rings is 1. The van der Waals surface area contributed by atoms with Crippen LogP contribution in [0.4, 0.5) is 5.69 Å². The van der Waals surface area contributed by atoms with Gasteiger partial charge >= 0.3 is 5.97 Å². The number of carboxylic acid groups (broad SMARTS) is 1. The van der Waals surface area contributed by atoms with Crippen LogP contribution in [0.1, 0.15) is 35.2 Å². The van der Waals surface area contributed by atoms with Crippen LogP contribution in [0.3, 0.4) is 0 Å². The third kappa shape index (κ3) is 4.21. The Labute approximate surface area is 122 Å². The molecule has 1 aromatic heterocycles. The lowest BCUT2D eigenvalue weighted by Crippen LogP contribution is -2.11. The van der Waals surface area contributed by atoms with E-state index in [1.807, 2.05) is 13.0 Å². The second-order valence-electron chi connectivity index (χ2n) is 4.67. The molecule has 0 bridgehead atoms. The van der Waals surface area contributed by atoms with E-state index in [9.17, 15) is 9.59 Å². The van der Waals surface area contributed by atoms with E-state index < -0.39 is 5.97 Å². The Morgan fingerprint density at radius 2 is 2.05 bits per heavy atom. The summed E-state index contributed by atoms with van der Waals surface area (Å²) in [5.41, 5.74) is 1.49. The molecule has 1 amide bonds. The molecule has 0 aliphatic heterocycles. The van der Waals surface area contributed by atoms with Gasteiger partial charge in [0.2, 0.25) is 0 Å². The zero-order valence-electron chi connectivity index (χ0n) is 11.8. The van der Waals surface area contributed by atoms with E-state index in [4.69, 9.17) is 9.52 Å². The topological polar surface area (TPSA) is 79.5 Å². The number of carboxylic acids is 1. The first-order valence-corrected chi connectivity index (χ1v) is 6.79. The van der Waals surface area contributed by atoms with E-state index in [0.717, 1.165) is 17.7 Å². The van der Waals surface area contributed by atoms with Crippen LogP contribution in [0, 0.1) is 0 Å². The number of nitrogens with one attached hydrogen (secondary N) is 1. The number of hydrogen-bond acceptors (Lipinski definition) is 3. The van der Waals surface area contributed by atoms with Crippen molar-refractivity contribution in [2.75, 3.05) is 5.32 Å². The number of aryl methyl sites for hydroxylation is 2. The molecule has 2 N–H and O–H groups in total. The minimum atomic E-state index is -0.841. The van der Waals surface area contributed by atoms with Crippen LogP contribution in [-0.4, -0.2) is 17.0 Å². The number of amides is 1. The highest BCUT2D eigenvalue weighted by Gasteiger charge is 2.11. The van der Waals surface area contributed by atoms with Gasteiger partial charge in [0.25, 0.3) is 5.91 Å². The van der Waals surface area contributed by atoms with E-state index in [0.29, 0.717) is 12.1 Å². The first kappa shape index (κ1) is 14.8. The van der Waals surface area contributed by atoms with E-state index in [-0.39, 0.29) is 18.1 Å². The number of carbonyl (C=O) groups is 2. The Hall–Kier alpha value is -2.56. The number of anilines is 1. The van der Waals surface area contributed by atoms with Gasteiger partial charge in [-0.15, -0.1) is 0 Å². The Balaban J connectivity index is 2.03. The summed E-state index contributed by atoms with van der Waals surface area (Å²) >= 11 is 0. The van der Waals surface area contributed by atoms with Crippen LogP contribution < -0.4 is 5.32 Å². The van der Waals surface area contributed by atoms with Gasteiger partial charge in [-0.1, -0.05) is 19.1 Å². The minimum Gasteiger partial charge on any atom is -0.481 e. The number of aliphatic carboxylic acids is 1. The van der Waals surface area contributed by atoms with Crippen molar-refractivity contribution < 1.29 is 19.1 Å². The highest BCUT2D eigenvalue weighted by Crippen LogP contribution is 2.15. The van der Waals surface area contributed by atoms with Crippen LogP contribution in [0.5, 0.6) is 0 Å². The van der Waals surface area contributed by atoms with E-state index in [2.05, 4.69) is 5.32 Å². The summed E-state index contributed by atoms with van der Waals surface area (Å²) in [5.74, 6) is -0.129. The second kappa shape index (κ2) is 6.74. The van der Waals surface area contributed by atoms with Crippen LogP contribution in [-0.2, 0) is 17.6 Å². The lowest BCUT2D eigenvalue weighted by Gasteiger charge is -2.05. The number of carbonyl (C=O) groups excluding carboxylic acids is 1. The number of benzene rings is 1. The SMILES string of the molecule is CCc1ccc(C(=O)Nc2cccc(CCC(=O)O)c2)o1. The van der Waals surface area contributed by atoms with Gasteiger partial charge < -0.3 is 14.8 Å². The van der Waals surface area contributed by atoms with Gasteiger partial charge in [-0.3, -0.25) is 9.59 Å². The molecule has 110 valence electrons. The normalized spacial score (nSPS) is 10.3. The molecular formula is C16H17NO4. The predicted molar refractivity (Wildman–Crippen MR) is 78.4 cm³/mol. The number of rotatable bonds is 6. The van der Waals surface area contributed by atoms with Gasteiger partial charge in [-0.2, -0.15) is 0 Å². The Kier molecular flexibility index (Phi) is 4.77. The third-order valence-corrected chi connectivity index (χ3v) is 3.05. The van der Waals surface area contributed by atoms with Crippen molar-refractivity contribution in [3.63, 3.8) is 0 Å². The molecule has 1 heterocycles. The van der Waals surface area contributed by atoms with Crippen LogP contribution in [0.2, 0.25) is 0 Å². The lowest BCUT2D eigenvalue weighted by molar-refractivity contribution is -0.136. The van der Waals surface area contributed by atoms with Crippen molar-refractivity contribution in [2.24, 2.45) is 0 Å². The van der Waals surface area contributed by atoms with Gasteiger partial charge in [0.05, 0.1) is 0 Å². The standard InChI is InChI=1S/C16H17NO4/c1-2-13-7-8-14(21-13)16(20)17-12-5-3-4-11(10-12)6-9-15(18)19/h3-5,7-8,10H,2,6,9H2,1H3,(H,17,20)(H,18,19). The van der Waals surface area contributed by atoms with Gasteiger partial charge in [0.15, 0.2) is 5.76 Å². The molecule has 21 heavy (non-hydrogen) atoms. The molecule has 0 aliphatic carbocycles. The molecule has 0 aliphatic rings. The molecule has 0 unspecified atom stereocenters. The minimum absolute atomic E-state index is 0.0649. The second-order valence-corrected chi connectivity index (χ2v) is 4.67. The van der Waals surface area contributed by atoms with Crippen molar-refractivity contribution >= 4 is 17.6 Å². The van der Waals surface area contributed by atoms with Crippen LogP contribution in [0.15, 0.2) is 40.8 Å². The first-order chi connectivity index (χ1) is 10.1. The highest BCUT2D eigenvalue weighted by molar-refractivity contribution is 6.02. The van der Waals surface area contributed by atoms with Crippen LogP contribution in [0.25, 0.3) is 0 Å². The molecule has 0 spiro atoms. The fourth-order valence-corrected chi connectivity index (χ4v) is 1.94. The first-order valence-electron chi connectivity index (χ1n) is 6.79. The molecule has 5 heteroatoms. The van der Waals surface area contributed by atoms with Gasteiger partial charge in [-0.25, -0.2) is 0 Å². The third-order valence-electron chi connectivity index (χ3n) is 3.05. The van der Waals surface area contributed by atoms with Crippen molar-refractivity contribution in [3.05, 3.63) is 53.5 Å². The Morgan fingerprint density at radius 1 is 1.24 bits per heavy atom. The average molecular weight is 287 g/mol. The fraction of sp³-hybridized carbons (Fsp3) is 0.250. The van der Waals surface area contributed by atoms with Crippen molar-refractivity contribution in [2.45, 2.75) is 26.2 Å². The molecular weight excluding hydrogens is 270 g/mol. The Morgan fingerprint density at radius 3 is 2.71 bits per heavy atom. The quantitative estimate of drug-likeness (QED) is 0.855. The molecule has 0 radical (unpaired) electrons. The maximum Gasteiger partial charge on any atom is 0.303 e. The molecule has 2 rings (SSSR count).